The van der Waals surface area contributed by atoms with Crippen molar-refractivity contribution in [1.29, 1.82) is 0 Å². The van der Waals surface area contributed by atoms with Gasteiger partial charge in [0.2, 0.25) is 0 Å². The number of hydrogen-bond donors (Lipinski definition) is 0. The van der Waals surface area contributed by atoms with Crippen LogP contribution in [0.25, 0.3) is 5.82 Å². The average Bonchev–Trinajstić information content (AvgIpc) is 3.23. The first-order valence-electron chi connectivity index (χ1n) is 8.94. The zero-order valence-electron chi connectivity index (χ0n) is 14.5. The normalized spacial score (nSPS) is 17.2. The highest BCUT2D eigenvalue weighted by Crippen LogP contribution is 2.22. The van der Waals surface area contributed by atoms with Crippen LogP contribution in [0.1, 0.15) is 28.8 Å². The first-order chi connectivity index (χ1) is 12.8. The summed E-state index contributed by atoms with van der Waals surface area (Å²) in [5.74, 6) is 1.24. The molecular formula is C20H21N5O. The van der Waals surface area contributed by atoms with Crippen LogP contribution < -0.4 is 0 Å². The molecule has 3 aromatic rings. The maximum atomic E-state index is 12.8. The van der Waals surface area contributed by atoms with Crippen molar-refractivity contribution >= 4 is 5.91 Å². The van der Waals surface area contributed by atoms with E-state index in [0.717, 1.165) is 32.4 Å². The lowest BCUT2D eigenvalue weighted by Gasteiger charge is -2.33. The molecule has 0 aliphatic carbocycles. The second-order valence-corrected chi connectivity index (χ2v) is 6.68. The van der Waals surface area contributed by atoms with Crippen LogP contribution in [0.5, 0.6) is 0 Å². The zero-order chi connectivity index (χ0) is 17.8. The summed E-state index contributed by atoms with van der Waals surface area (Å²) >= 11 is 0. The number of carbonyl (C=O) groups excluding carboxylic acids is 1. The summed E-state index contributed by atoms with van der Waals surface area (Å²) in [5.41, 5.74) is 1.86. The number of piperidine rings is 1. The van der Waals surface area contributed by atoms with Gasteiger partial charge in [-0.3, -0.25) is 9.78 Å². The summed E-state index contributed by atoms with van der Waals surface area (Å²) in [7, 11) is 0. The summed E-state index contributed by atoms with van der Waals surface area (Å²) < 4.78 is 1.68. The predicted molar refractivity (Wildman–Crippen MR) is 97.9 cm³/mol. The summed E-state index contributed by atoms with van der Waals surface area (Å²) in [6.07, 6.45) is 12.0. The van der Waals surface area contributed by atoms with Gasteiger partial charge in [0.25, 0.3) is 5.91 Å². The molecular weight excluding hydrogens is 326 g/mol. The molecule has 1 aliphatic heterocycles. The number of pyridine rings is 2. The molecule has 0 N–H and O–H groups in total. The van der Waals surface area contributed by atoms with Gasteiger partial charge in [0.15, 0.2) is 5.82 Å². The first-order valence-corrected chi connectivity index (χ1v) is 8.94. The van der Waals surface area contributed by atoms with E-state index < -0.39 is 0 Å². The monoisotopic (exact) mass is 347 g/mol. The Kier molecular flexibility index (Phi) is 4.73. The van der Waals surface area contributed by atoms with E-state index in [1.807, 2.05) is 41.6 Å². The van der Waals surface area contributed by atoms with Crippen LogP contribution in [-0.2, 0) is 6.42 Å². The molecule has 0 saturated carbocycles. The lowest BCUT2D eigenvalue weighted by atomic mass is 9.91. The van der Waals surface area contributed by atoms with Gasteiger partial charge in [0.05, 0.1) is 5.56 Å². The van der Waals surface area contributed by atoms with E-state index in [1.165, 1.54) is 5.56 Å². The van der Waals surface area contributed by atoms with Crippen molar-refractivity contribution in [3.63, 3.8) is 0 Å². The van der Waals surface area contributed by atoms with Crippen LogP contribution in [0.4, 0.5) is 0 Å². The Morgan fingerprint density at radius 1 is 1.15 bits per heavy atom. The molecule has 1 fully saturated rings. The Bertz CT molecular complexity index is 846. The van der Waals surface area contributed by atoms with Crippen LogP contribution in [0, 0.1) is 5.92 Å². The largest absolute Gasteiger partial charge is 0.338 e. The molecule has 1 amide bonds. The number of nitrogens with zero attached hydrogens (tertiary/aromatic N) is 5. The van der Waals surface area contributed by atoms with Gasteiger partial charge in [0, 0.05) is 44.1 Å². The van der Waals surface area contributed by atoms with Crippen molar-refractivity contribution in [2.24, 2.45) is 5.92 Å². The van der Waals surface area contributed by atoms with Crippen molar-refractivity contribution in [2.45, 2.75) is 19.3 Å². The second-order valence-electron chi connectivity index (χ2n) is 6.68. The van der Waals surface area contributed by atoms with E-state index in [-0.39, 0.29) is 5.91 Å². The lowest BCUT2D eigenvalue weighted by Crippen LogP contribution is -2.40. The van der Waals surface area contributed by atoms with Gasteiger partial charge < -0.3 is 4.90 Å². The van der Waals surface area contributed by atoms with Crippen molar-refractivity contribution in [3.05, 3.63) is 72.4 Å². The van der Waals surface area contributed by atoms with Crippen LogP contribution in [0.3, 0.4) is 0 Å². The Labute approximate surface area is 152 Å². The third-order valence-electron chi connectivity index (χ3n) is 4.79. The number of aromatic nitrogens is 4. The number of amides is 1. The van der Waals surface area contributed by atoms with E-state index in [4.69, 9.17) is 0 Å². The van der Waals surface area contributed by atoms with E-state index in [1.54, 1.807) is 23.3 Å². The molecule has 0 aromatic carbocycles. The van der Waals surface area contributed by atoms with Crippen LogP contribution >= 0.6 is 0 Å². The van der Waals surface area contributed by atoms with Gasteiger partial charge in [-0.15, -0.1) is 0 Å². The Morgan fingerprint density at radius 2 is 2.12 bits per heavy atom. The van der Waals surface area contributed by atoms with Crippen LogP contribution in [0.15, 0.2) is 61.3 Å². The fourth-order valence-corrected chi connectivity index (χ4v) is 3.50. The fraction of sp³-hybridized carbons (Fsp3) is 0.300. The predicted octanol–water partition coefficient (Wildman–Crippen LogP) is 2.76. The highest BCUT2D eigenvalue weighted by molar-refractivity contribution is 5.94. The summed E-state index contributed by atoms with van der Waals surface area (Å²) in [6.45, 7) is 1.60. The third-order valence-corrected chi connectivity index (χ3v) is 4.79. The van der Waals surface area contributed by atoms with Crippen molar-refractivity contribution in [3.8, 4) is 5.82 Å². The van der Waals surface area contributed by atoms with Gasteiger partial charge in [-0.25, -0.2) is 9.67 Å². The molecule has 132 valence electrons. The molecule has 0 radical (unpaired) electrons. The SMILES string of the molecule is O=C(c1ccc(-n2cccn2)nc1)N1CCC[C@H](Cc2cccnc2)C1. The first kappa shape index (κ1) is 16.4. The Hall–Kier alpha value is -3.02. The van der Waals surface area contributed by atoms with Crippen LogP contribution in [0.2, 0.25) is 0 Å². The summed E-state index contributed by atoms with van der Waals surface area (Å²) in [6, 6.07) is 9.57. The molecule has 26 heavy (non-hydrogen) atoms. The van der Waals surface area contributed by atoms with E-state index >= 15 is 0 Å². The van der Waals surface area contributed by atoms with Gasteiger partial charge >= 0.3 is 0 Å². The molecule has 1 atom stereocenters. The van der Waals surface area contributed by atoms with E-state index in [0.29, 0.717) is 17.3 Å². The number of likely N-dealkylation sites (tertiary alicyclic amines) is 1. The lowest BCUT2D eigenvalue weighted by molar-refractivity contribution is 0.0673. The zero-order valence-corrected chi connectivity index (χ0v) is 14.5. The third kappa shape index (κ3) is 3.64. The topological polar surface area (TPSA) is 63.9 Å². The molecule has 0 spiro atoms. The second kappa shape index (κ2) is 7.47. The fourth-order valence-electron chi connectivity index (χ4n) is 3.50. The maximum absolute atomic E-state index is 12.8. The molecule has 4 heterocycles. The standard InChI is InChI=1S/C20H21N5O/c26-20(18-6-7-19(22-14-18)25-11-3-9-23-25)24-10-2-5-17(15-24)12-16-4-1-8-21-13-16/h1,3-4,6-9,11,13-14,17H,2,5,10,12,15H2/t17-/m1/s1. The van der Waals surface area contributed by atoms with Gasteiger partial charge in [0.1, 0.15) is 0 Å². The van der Waals surface area contributed by atoms with Crippen molar-refractivity contribution in [2.75, 3.05) is 13.1 Å². The molecule has 4 rings (SSSR count). The summed E-state index contributed by atoms with van der Waals surface area (Å²) in [4.78, 5) is 23.4. The molecule has 1 saturated heterocycles. The summed E-state index contributed by atoms with van der Waals surface area (Å²) in [5, 5.41) is 4.15. The average molecular weight is 347 g/mol. The molecule has 1 aliphatic rings. The Morgan fingerprint density at radius 3 is 2.85 bits per heavy atom. The van der Waals surface area contributed by atoms with Gasteiger partial charge in [-0.1, -0.05) is 6.07 Å². The maximum Gasteiger partial charge on any atom is 0.255 e. The highest BCUT2D eigenvalue weighted by atomic mass is 16.2. The van der Waals surface area contributed by atoms with Crippen molar-refractivity contribution in [1.82, 2.24) is 24.6 Å². The minimum atomic E-state index is 0.0559. The minimum Gasteiger partial charge on any atom is -0.338 e. The Balaban J connectivity index is 1.42. The number of hydrogen-bond acceptors (Lipinski definition) is 4. The van der Waals surface area contributed by atoms with Gasteiger partial charge in [-0.05, 0) is 55.0 Å². The van der Waals surface area contributed by atoms with E-state index in [9.17, 15) is 4.79 Å². The highest BCUT2D eigenvalue weighted by Gasteiger charge is 2.25. The van der Waals surface area contributed by atoms with Crippen molar-refractivity contribution < 1.29 is 4.79 Å². The molecule has 3 aromatic heterocycles. The molecule has 0 unspecified atom stereocenters. The number of carbonyl (C=O) groups is 1. The van der Waals surface area contributed by atoms with Crippen LogP contribution in [-0.4, -0.2) is 43.6 Å². The molecule has 6 nitrogen and oxygen atoms in total. The quantitative estimate of drug-likeness (QED) is 0.728. The van der Waals surface area contributed by atoms with Gasteiger partial charge in [-0.2, -0.15) is 5.10 Å². The minimum absolute atomic E-state index is 0.0559. The molecule has 6 heteroatoms. The number of rotatable bonds is 4. The van der Waals surface area contributed by atoms with E-state index in [2.05, 4.69) is 21.1 Å². The molecule has 0 bridgehead atoms. The smallest absolute Gasteiger partial charge is 0.255 e.